The van der Waals surface area contributed by atoms with Crippen molar-refractivity contribution in [3.8, 4) is 0 Å². The Kier molecular flexibility index (Phi) is 3.94. The minimum absolute atomic E-state index is 0.0862. The summed E-state index contributed by atoms with van der Waals surface area (Å²) < 4.78 is 14.3. The molecular weight excluding hydrogens is 253 g/mol. The van der Waals surface area contributed by atoms with Gasteiger partial charge in [0.05, 0.1) is 5.69 Å². The monoisotopic (exact) mass is 277 g/mol. The molecule has 1 atom stereocenters. The molecule has 2 fully saturated rings. The van der Waals surface area contributed by atoms with Gasteiger partial charge in [0.1, 0.15) is 5.82 Å². The van der Waals surface area contributed by atoms with Gasteiger partial charge in [-0.15, -0.1) is 0 Å². The van der Waals surface area contributed by atoms with Crippen molar-refractivity contribution in [2.45, 2.75) is 38.4 Å². The van der Waals surface area contributed by atoms with Gasteiger partial charge in [0.25, 0.3) is 0 Å². The second kappa shape index (κ2) is 5.70. The summed E-state index contributed by atoms with van der Waals surface area (Å²) in [6, 6.07) is 6.82. The van der Waals surface area contributed by atoms with E-state index in [0.29, 0.717) is 12.1 Å². The van der Waals surface area contributed by atoms with Gasteiger partial charge >= 0.3 is 0 Å². The predicted molar refractivity (Wildman–Crippen MR) is 80.6 cm³/mol. The van der Waals surface area contributed by atoms with Crippen LogP contribution in [0, 0.1) is 5.82 Å². The predicted octanol–water partition coefficient (Wildman–Crippen LogP) is 2.22. The van der Waals surface area contributed by atoms with E-state index in [1.807, 2.05) is 6.07 Å². The van der Waals surface area contributed by atoms with Gasteiger partial charge in [-0.2, -0.15) is 0 Å². The average Bonchev–Trinajstić information content (AvgIpc) is 3.24. The zero-order valence-electron chi connectivity index (χ0n) is 12.4. The van der Waals surface area contributed by atoms with Crippen LogP contribution < -0.4 is 10.2 Å². The molecular formula is C16H24FN3. The van der Waals surface area contributed by atoms with Gasteiger partial charge in [-0.05, 0) is 44.5 Å². The minimum atomic E-state index is -0.0862. The summed E-state index contributed by atoms with van der Waals surface area (Å²) in [4.78, 5) is 4.49. The van der Waals surface area contributed by atoms with Gasteiger partial charge in [-0.1, -0.05) is 6.07 Å². The van der Waals surface area contributed by atoms with Crippen molar-refractivity contribution >= 4 is 5.69 Å². The SMILES string of the molecule is CC1CN(c2ccc(CNC3CC3)cc2F)CCN1C. The van der Waals surface area contributed by atoms with Crippen molar-refractivity contribution in [2.75, 3.05) is 31.6 Å². The Morgan fingerprint density at radius 2 is 2.10 bits per heavy atom. The third-order valence-electron chi connectivity index (χ3n) is 4.48. The van der Waals surface area contributed by atoms with E-state index in [-0.39, 0.29) is 5.82 Å². The second-order valence-electron chi connectivity index (χ2n) is 6.22. The topological polar surface area (TPSA) is 18.5 Å². The summed E-state index contributed by atoms with van der Waals surface area (Å²) in [5.74, 6) is -0.0862. The molecule has 0 bridgehead atoms. The number of rotatable bonds is 4. The molecule has 1 aromatic rings. The number of hydrogen-bond acceptors (Lipinski definition) is 3. The number of likely N-dealkylation sites (N-methyl/N-ethyl adjacent to an activating group) is 1. The summed E-state index contributed by atoms with van der Waals surface area (Å²) in [5, 5.41) is 3.43. The molecule has 3 nitrogen and oxygen atoms in total. The van der Waals surface area contributed by atoms with Crippen LogP contribution >= 0.6 is 0 Å². The first-order chi connectivity index (χ1) is 9.63. The smallest absolute Gasteiger partial charge is 0.146 e. The molecule has 0 amide bonds. The lowest BCUT2D eigenvalue weighted by molar-refractivity contribution is 0.233. The second-order valence-corrected chi connectivity index (χ2v) is 6.22. The molecule has 1 unspecified atom stereocenters. The Morgan fingerprint density at radius 3 is 2.75 bits per heavy atom. The Balaban J connectivity index is 1.66. The van der Waals surface area contributed by atoms with Crippen LogP contribution in [0.25, 0.3) is 0 Å². The van der Waals surface area contributed by atoms with Crippen LogP contribution in [-0.4, -0.2) is 43.7 Å². The standard InChI is InChI=1S/C16H24FN3/c1-12-11-20(8-7-19(12)2)16-6-3-13(9-15(16)17)10-18-14-4-5-14/h3,6,9,12,14,18H,4-5,7-8,10-11H2,1-2H3. The number of nitrogens with one attached hydrogen (secondary N) is 1. The molecule has 1 aliphatic carbocycles. The van der Waals surface area contributed by atoms with Crippen LogP contribution in [0.4, 0.5) is 10.1 Å². The van der Waals surface area contributed by atoms with Crippen molar-refractivity contribution in [1.29, 1.82) is 0 Å². The Morgan fingerprint density at radius 1 is 1.30 bits per heavy atom. The van der Waals surface area contributed by atoms with Crippen LogP contribution in [0.3, 0.4) is 0 Å². The van der Waals surface area contributed by atoms with Crippen LogP contribution in [-0.2, 0) is 6.54 Å². The highest BCUT2D eigenvalue weighted by Gasteiger charge is 2.23. The molecule has 0 aromatic heterocycles. The van der Waals surface area contributed by atoms with Gasteiger partial charge in [0.15, 0.2) is 0 Å². The van der Waals surface area contributed by atoms with Crippen molar-refractivity contribution in [2.24, 2.45) is 0 Å². The van der Waals surface area contributed by atoms with E-state index >= 15 is 0 Å². The molecule has 20 heavy (non-hydrogen) atoms. The first kappa shape index (κ1) is 13.8. The lowest BCUT2D eigenvalue weighted by Gasteiger charge is -2.39. The van der Waals surface area contributed by atoms with E-state index in [9.17, 15) is 4.39 Å². The van der Waals surface area contributed by atoms with E-state index in [1.165, 1.54) is 12.8 Å². The highest BCUT2D eigenvalue weighted by atomic mass is 19.1. The van der Waals surface area contributed by atoms with E-state index in [1.54, 1.807) is 6.07 Å². The molecule has 1 N–H and O–H groups in total. The fourth-order valence-electron chi connectivity index (χ4n) is 2.73. The molecule has 3 rings (SSSR count). The molecule has 0 radical (unpaired) electrons. The van der Waals surface area contributed by atoms with Crippen LogP contribution in [0.5, 0.6) is 0 Å². The maximum Gasteiger partial charge on any atom is 0.146 e. The maximum absolute atomic E-state index is 14.3. The highest BCUT2D eigenvalue weighted by Crippen LogP contribution is 2.24. The molecule has 2 aliphatic rings. The summed E-state index contributed by atoms with van der Waals surface area (Å²) in [5.41, 5.74) is 1.79. The Hall–Kier alpha value is -1.13. The van der Waals surface area contributed by atoms with Crippen LogP contribution in [0.15, 0.2) is 18.2 Å². The van der Waals surface area contributed by atoms with E-state index < -0.39 is 0 Å². The number of piperazine rings is 1. The molecule has 1 heterocycles. The molecule has 110 valence electrons. The number of hydrogen-bond donors (Lipinski definition) is 1. The minimum Gasteiger partial charge on any atom is -0.366 e. The quantitative estimate of drug-likeness (QED) is 0.910. The normalized spacial score (nSPS) is 24.1. The van der Waals surface area contributed by atoms with E-state index in [0.717, 1.165) is 37.4 Å². The molecule has 4 heteroatoms. The zero-order valence-corrected chi connectivity index (χ0v) is 12.4. The van der Waals surface area contributed by atoms with Gasteiger partial charge in [-0.3, -0.25) is 0 Å². The van der Waals surface area contributed by atoms with Crippen molar-refractivity contribution in [3.63, 3.8) is 0 Å². The third kappa shape index (κ3) is 3.13. The van der Waals surface area contributed by atoms with E-state index in [4.69, 9.17) is 0 Å². The highest BCUT2D eigenvalue weighted by molar-refractivity contribution is 5.50. The first-order valence-electron chi connectivity index (χ1n) is 7.60. The fourth-order valence-corrected chi connectivity index (χ4v) is 2.73. The van der Waals surface area contributed by atoms with Crippen molar-refractivity contribution in [1.82, 2.24) is 10.2 Å². The van der Waals surface area contributed by atoms with Crippen molar-refractivity contribution < 1.29 is 4.39 Å². The lowest BCUT2D eigenvalue weighted by Crippen LogP contribution is -2.50. The largest absolute Gasteiger partial charge is 0.366 e. The van der Waals surface area contributed by atoms with Gasteiger partial charge in [0.2, 0.25) is 0 Å². The maximum atomic E-state index is 14.3. The average molecular weight is 277 g/mol. The van der Waals surface area contributed by atoms with Crippen molar-refractivity contribution in [3.05, 3.63) is 29.6 Å². The van der Waals surface area contributed by atoms with Crippen LogP contribution in [0.1, 0.15) is 25.3 Å². The summed E-state index contributed by atoms with van der Waals surface area (Å²) >= 11 is 0. The molecule has 1 aliphatic heterocycles. The third-order valence-corrected chi connectivity index (χ3v) is 4.48. The number of anilines is 1. The lowest BCUT2D eigenvalue weighted by atomic mass is 10.1. The molecule has 0 spiro atoms. The fraction of sp³-hybridized carbons (Fsp3) is 0.625. The molecule has 1 saturated heterocycles. The number of benzene rings is 1. The summed E-state index contributed by atoms with van der Waals surface area (Å²) in [7, 11) is 2.13. The first-order valence-corrected chi connectivity index (χ1v) is 7.60. The van der Waals surface area contributed by atoms with Gasteiger partial charge in [0, 0.05) is 38.3 Å². The van der Waals surface area contributed by atoms with Crippen LogP contribution in [0.2, 0.25) is 0 Å². The summed E-state index contributed by atoms with van der Waals surface area (Å²) in [6.07, 6.45) is 2.53. The van der Waals surface area contributed by atoms with Gasteiger partial charge < -0.3 is 15.1 Å². The molecule has 1 aromatic carbocycles. The summed E-state index contributed by atoms with van der Waals surface area (Å²) in [6.45, 7) is 5.76. The van der Waals surface area contributed by atoms with Gasteiger partial charge in [-0.25, -0.2) is 4.39 Å². The Bertz CT molecular complexity index is 473. The molecule has 1 saturated carbocycles. The number of nitrogens with zero attached hydrogens (tertiary/aromatic N) is 2. The zero-order chi connectivity index (χ0) is 14.1. The Labute approximate surface area is 120 Å². The number of halogens is 1. The van der Waals surface area contributed by atoms with E-state index in [2.05, 4.69) is 35.2 Å².